The van der Waals surface area contributed by atoms with Gasteiger partial charge in [0.1, 0.15) is 6.10 Å². The van der Waals surface area contributed by atoms with E-state index in [1.165, 1.54) is 6.08 Å². The molecule has 1 unspecified atom stereocenters. The maximum absolute atomic E-state index is 8.96. The molecule has 0 aliphatic rings. The number of aliphatic hydroxyl groups excluding tert-OH is 1. The lowest BCUT2D eigenvalue weighted by Crippen LogP contribution is -1.94. The Bertz CT molecular complexity index is 291. The Morgan fingerprint density at radius 2 is 2.14 bits per heavy atom. The molecule has 1 atom stereocenters. The zero-order valence-corrected chi connectivity index (χ0v) is 8.59. The molecule has 0 aromatic rings. The zero-order valence-electron chi connectivity index (χ0n) is 8.59. The maximum atomic E-state index is 8.96. The van der Waals surface area contributed by atoms with Crippen LogP contribution in [0.4, 0.5) is 0 Å². The Kier molecular flexibility index (Phi) is 8.65. The second-order valence-corrected chi connectivity index (χ2v) is 2.72. The molecule has 0 radical (unpaired) electrons. The Labute approximate surface area is 86.5 Å². The van der Waals surface area contributed by atoms with E-state index in [0.717, 1.165) is 19.3 Å². The van der Waals surface area contributed by atoms with Crippen molar-refractivity contribution >= 4 is 0 Å². The molecule has 0 rings (SSSR count). The van der Waals surface area contributed by atoms with E-state index in [1.807, 2.05) is 6.08 Å². The van der Waals surface area contributed by atoms with Gasteiger partial charge >= 0.3 is 0 Å². The van der Waals surface area contributed by atoms with Gasteiger partial charge in [0.15, 0.2) is 0 Å². The number of rotatable bonds is 4. The summed E-state index contributed by atoms with van der Waals surface area (Å²) in [5, 5.41) is 8.96. The summed E-state index contributed by atoms with van der Waals surface area (Å²) in [5.74, 6) is 10.6. The lowest BCUT2D eigenvalue weighted by molar-refractivity contribution is 0.281. The second kappa shape index (κ2) is 9.65. The van der Waals surface area contributed by atoms with E-state index in [2.05, 4.69) is 43.3 Å². The lowest BCUT2D eigenvalue weighted by Gasteiger charge is -1.86. The first-order valence-corrected chi connectivity index (χ1v) is 4.75. The fourth-order valence-corrected chi connectivity index (χ4v) is 0.691. The number of aliphatic hydroxyl groups is 1. The first-order chi connectivity index (χ1) is 6.81. The van der Waals surface area contributed by atoms with E-state index < -0.39 is 6.10 Å². The van der Waals surface area contributed by atoms with Crippen molar-refractivity contribution in [1.82, 2.24) is 0 Å². The number of hydrogen-bond donors (Lipinski definition) is 1. The van der Waals surface area contributed by atoms with Gasteiger partial charge in [-0.05, 0) is 18.3 Å². The van der Waals surface area contributed by atoms with E-state index in [4.69, 9.17) is 5.11 Å². The first-order valence-electron chi connectivity index (χ1n) is 4.75. The average Bonchev–Trinajstić information content (AvgIpc) is 2.21. The standard InChI is InChI=1S/C13H16O/c1-3-5-6-7-8-9-10-11-12-13(14)4-2/h4,6-7,13-14H,2-3,5,8H2,1H3/b7-6-. The molecule has 0 aromatic carbocycles. The minimum absolute atomic E-state index is 0.721. The van der Waals surface area contributed by atoms with Crippen LogP contribution in [0.25, 0.3) is 0 Å². The van der Waals surface area contributed by atoms with Crippen LogP contribution in [0, 0.1) is 23.7 Å². The highest BCUT2D eigenvalue weighted by molar-refractivity contribution is 5.29. The molecular weight excluding hydrogens is 172 g/mol. The molecule has 0 bridgehead atoms. The van der Waals surface area contributed by atoms with Crippen molar-refractivity contribution in [3.8, 4) is 23.7 Å². The SMILES string of the molecule is C=CC(O)C#CC#CC/C=C\CCC. The first kappa shape index (κ1) is 12.6. The molecule has 0 spiro atoms. The quantitative estimate of drug-likeness (QED) is 0.530. The third-order valence-corrected chi connectivity index (χ3v) is 1.44. The molecule has 0 aliphatic heterocycles. The van der Waals surface area contributed by atoms with Gasteiger partial charge < -0.3 is 5.11 Å². The van der Waals surface area contributed by atoms with Crippen LogP contribution in [0.3, 0.4) is 0 Å². The van der Waals surface area contributed by atoms with Gasteiger partial charge in [-0.15, -0.1) is 0 Å². The summed E-state index contributed by atoms with van der Waals surface area (Å²) >= 11 is 0. The van der Waals surface area contributed by atoms with Crippen LogP contribution < -0.4 is 0 Å². The van der Waals surface area contributed by atoms with E-state index >= 15 is 0 Å². The summed E-state index contributed by atoms with van der Waals surface area (Å²) in [6.45, 7) is 5.53. The highest BCUT2D eigenvalue weighted by atomic mass is 16.3. The van der Waals surface area contributed by atoms with Gasteiger partial charge in [-0.2, -0.15) is 0 Å². The Balaban J connectivity index is 3.71. The van der Waals surface area contributed by atoms with Gasteiger partial charge in [-0.1, -0.05) is 50.0 Å². The Morgan fingerprint density at radius 3 is 2.79 bits per heavy atom. The summed E-state index contributed by atoms with van der Waals surface area (Å²) in [6.07, 6.45) is 7.73. The largest absolute Gasteiger partial charge is 0.377 e. The number of allylic oxidation sites excluding steroid dienone is 2. The Morgan fingerprint density at radius 1 is 1.36 bits per heavy atom. The molecule has 14 heavy (non-hydrogen) atoms. The lowest BCUT2D eigenvalue weighted by atomic mass is 10.3. The van der Waals surface area contributed by atoms with Crippen molar-refractivity contribution in [3.05, 3.63) is 24.8 Å². The molecule has 0 heterocycles. The van der Waals surface area contributed by atoms with E-state index in [-0.39, 0.29) is 0 Å². The van der Waals surface area contributed by atoms with Crippen LogP contribution >= 0.6 is 0 Å². The van der Waals surface area contributed by atoms with Gasteiger partial charge in [0, 0.05) is 6.42 Å². The zero-order chi connectivity index (χ0) is 10.6. The average molecular weight is 188 g/mol. The third-order valence-electron chi connectivity index (χ3n) is 1.44. The van der Waals surface area contributed by atoms with Crippen molar-refractivity contribution in [1.29, 1.82) is 0 Å². The van der Waals surface area contributed by atoms with Crippen molar-refractivity contribution in [2.75, 3.05) is 0 Å². The molecule has 1 nitrogen and oxygen atoms in total. The third kappa shape index (κ3) is 8.65. The highest BCUT2D eigenvalue weighted by Gasteiger charge is 1.83. The van der Waals surface area contributed by atoms with Gasteiger partial charge in [0.05, 0.1) is 0 Å². The van der Waals surface area contributed by atoms with Gasteiger partial charge in [0.2, 0.25) is 0 Å². The molecular formula is C13H16O. The van der Waals surface area contributed by atoms with Crippen molar-refractivity contribution in [3.63, 3.8) is 0 Å². The van der Waals surface area contributed by atoms with Crippen molar-refractivity contribution in [2.45, 2.75) is 32.3 Å². The molecule has 0 saturated heterocycles. The van der Waals surface area contributed by atoms with Crippen LogP contribution in [-0.4, -0.2) is 11.2 Å². The van der Waals surface area contributed by atoms with Crippen molar-refractivity contribution < 1.29 is 5.11 Å². The molecule has 74 valence electrons. The van der Waals surface area contributed by atoms with Crippen LogP contribution in [0.15, 0.2) is 24.8 Å². The van der Waals surface area contributed by atoms with E-state index in [1.54, 1.807) is 0 Å². The van der Waals surface area contributed by atoms with E-state index in [9.17, 15) is 0 Å². The topological polar surface area (TPSA) is 20.2 Å². The number of hydrogen-bond acceptors (Lipinski definition) is 1. The minimum Gasteiger partial charge on any atom is -0.377 e. The molecule has 0 aromatic heterocycles. The monoisotopic (exact) mass is 188 g/mol. The summed E-state index contributed by atoms with van der Waals surface area (Å²) < 4.78 is 0. The molecule has 0 saturated carbocycles. The smallest absolute Gasteiger partial charge is 0.134 e. The fraction of sp³-hybridized carbons (Fsp3) is 0.385. The van der Waals surface area contributed by atoms with Crippen molar-refractivity contribution in [2.24, 2.45) is 0 Å². The van der Waals surface area contributed by atoms with Crippen LogP contribution in [0.1, 0.15) is 26.2 Å². The molecule has 1 heteroatoms. The minimum atomic E-state index is -0.764. The summed E-state index contributed by atoms with van der Waals surface area (Å²) in [4.78, 5) is 0. The predicted octanol–water partition coefficient (Wildman–Crippen LogP) is 2.29. The molecule has 0 amide bonds. The normalized spacial score (nSPS) is 11.0. The van der Waals surface area contributed by atoms with Gasteiger partial charge in [-0.25, -0.2) is 0 Å². The van der Waals surface area contributed by atoms with Crippen LogP contribution in [-0.2, 0) is 0 Å². The molecule has 0 aliphatic carbocycles. The maximum Gasteiger partial charge on any atom is 0.134 e. The van der Waals surface area contributed by atoms with Crippen LogP contribution in [0.2, 0.25) is 0 Å². The summed E-state index contributed by atoms with van der Waals surface area (Å²) in [7, 11) is 0. The highest BCUT2D eigenvalue weighted by Crippen LogP contribution is 1.89. The van der Waals surface area contributed by atoms with Gasteiger partial charge in [0.25, 0.3) is 0 Å². The molecule has 0 fully saturated rings. The van der Waals surface area contributed by atoms with E-state index in [0.29, 0.717) is 0 Å². The van der Waals surface area contributed by atoms with Gasteiger partial charge in [-0.3, -0.25) is 0 Å². The fourth-order valence-electron chi connectivity index (χ4n) is 0.691. The summed E-state index contributed by atoms with van der Waals surface area (Å²) in [6, 6.07) is 0. The molecule has 1 N–H and O–H groups in total. The second-order valence-electron chi connectivity index (χ2n) is 2.72. The van der Waals surface area contributed by atoms with Crippen LogP contribution in [0.5, 0.6) is 0 Å². The predicted molar refractivity (Wildman–Crippen MR) is 60.4 cm³/mol. The number of unbranched alkanes of at least 4 members (excludes halogenated alkanes) is 1. The summed E-state index contributed by atoms with van der Waals surface area (Å²) in [5.41, 5.74) is 0. The Hall–Kier alpha value is -1.44.